The number of nitrogens with two attached hydrogens (primary N) is 1. The van der Waals surface area contributed by atoms with E-state index in [9.17, 15) is 0 Å². The SMILES string of the molecule is CCc1nc(Cc2ccccc2)ncc1CN. The van der Waals surface area contributed by atoms with E-state index in [4.69, 9.17) is 5.73 Å². The van der Waals surface area contributed by atoms with Gasteiger partial charge < -0.3 is 5.73 Å². The Balaban J connectivity index is 2.22. The molecular formula is C14H17N3. The third-order valence-corrected chi connectivity index (χ3v) is 2.76. The molecule has 0 saturated carbocycles. The fourth-order valence-electron chi connectivity index (χ4n) is 1.82. The van der Waals surface area contributed by atoms with Crippen LogP contribution in [0, 0.1) is 0 Å². The second kappa shape index (κ2) is 5.55. The minimum Gasteiger partial charge on any atom is -0.326 e. The van der Waals surface area contributed by atoms with Crippen molar-refractivity contribution in [2.24, 2.45) is 5.73 Å². The molecule has 0 aliphatic heterocycles. The number of benzene rings is 1. The van der Waals surface area contributed by atoms with Crippen LogP contribution in [0.4, 0.5) is 0 Å². The molecule has 0 amide bonds. The largest absolute Gasteiger partial charge is 0.326 e. The number of hydrogen-bond donors (Lipinski definition) is 1. The smallest absolute Gasteiger partial charge is 0.132 e. The van der Waals surface area contributed by atoms with Gasteiger partial charge in [-0.3, -0.25) is 0 Å². The molecule has 1 aromatic carbocycles. The summed E-state index contributed by atoms with van der Waals surface area (Å²) in [5.41, 5.74) is 8.99. The number of aryl methyl sites for hydroxylation is 1. The second-order valence-electron chi connectivity index (χ2n) is 3.98. The third kappa shape index (κ3) is 2.88. The van der Waals surface area contributed by atoms with Gasteiger partial charge in [0.15, 0.2) is 0 Å². The molecule has 1 aromatic heterocycles. The Labute approximate surface area is 102 Å². The lowest BCUT2D eigenvalue weighted by atomic mass is 10.1. The van der Waals surface area contributed by atoms with Gasteiger partial charge in [0, 0.05) is 30.4 Å². The van der Waals surface area contributed by atoms with Crippen LogP contribution in [0.15, 0.2) is 36.5 Å². The maximum atomic E-state index is 5.65. The highest BCUT2D eigenvalue weighted by Gasteiger charge is 2.04. The van der Waals surface area contributed by atoms with E-state index in [2.05, 4.69) is 29.0 Å². The van der Waals surface area contributed by atoms with E-state index in [0.717, 1.165) is 29.9 Å². The van der Waals surface area contributed by atoms with E-state index < -0.39 is 0 Å². The van der Waals surface area contributed by atoms with Crippen LogP contribution in [0.3, 0.4) is 0 Å². The zero-order valence-corrected chi connectivity index (χ0v) is 10.1. The molecule has 2 rings (SSSR count). The van der Waals surface area contributed by atoms with Crippen molar-refractivity contribution in [3.8, 4) is 0 Å². The molecule has 0 unspecified atom stereocenters. The van der Waals surface area contributed by atoms with E-state index in [1.807, 2.05) is 24.4 Å². The summed E-state index contributed by atoms with van der Waals surface area (Å²) in [6.45, 7) is 2.60. The molecule has 3 heteroatoms. The molecule has 0 bridgehead atoms. The molecule has 2 N–H and O–H groups in total. The third-order valence-electron chi connectivity index (χ3n) is 2.76. The number of aromatic nitrogens is 2. The molecule has 0 aliphatic carbocycles. The van der Waals surface area contributed by atoms with E-state index in [1.165, 1.54) is 5.56 Å². The van der Waals surface area contributed by atoms with E-state index in [-0.39, 0.29) is 0 Å². The van der Waals surface area contributed by atoms with Crippen molar-refractivity contribution in [3.63, 3.8) is 0 Å². The summed E-state index contributed by atoms with van der Waals surface area (Å²) >= 11 is 0. The first-order chi connectivity index (χ1) is 8.33. The highest BCUT2D eigenvalue weighted by Crippen LogP contribution is 2.09. The molecule has 0 atom stereocenters. The molecular weight excluding hydrogens is 210 g/mol. The van der Waals surface area contributed by atoms with Crippen molar-refractivity contribution in [2.75, 3.05) is 0 Å². The van der Waals surface area contributed by atoms with Crippen molar-refractivity contribution in [2.45, 2.75) is 26.3 Å². The maximum absolute atomic E-state index is 5.65. The lowest BCUT2D eigenvalue weighted by molar-refractivity contribution is 0.859. The summed E-state index contributed by atoms with van der Waals surface area (Å²) in [7, 11) is 0. The molecule has 2 aromatic rings. The highest BCUT2D eigenvalue weighted by molar-refractivity contribution is 5.22. The minimum atomic E-state index is 0.509. The van der Waals surface area contributed by atoms with Gasteiger partial charge >= 0.3 is 0 Å². The molecule has 0 saturated heterocycles. The first-order valence-corrected chi connectivity index (χ1v) is 5.91. The zero-order chi connectivity index (χ0) is 12.1. The lowest BCUT2D eigenvalue weighted by Crippen LogP contribution is -2.07. The summed E-state index contributed by atoms with van der Waals surface area (Å²) in [5.74, 6) is 0.866. The van der Waals surface area contributed by atoms with E-state index in [0.29, 0.717) is 6.54 Å². The first-order valence-electron chi connectivity index (χ1n) is 5.91. The van der Waals surface area contributed by atoms with Gasteiger partial charge in [0.25, 0.3) is 0 Å². The summed E-state index contributed by atoms with van der Waals surface area (Å²) in [6.07, 6.45) is 3.53. The number of rotatable bonds is 4. The average molecular weight is 227 g/mol. The Morgan fingerprint density at radius 3 is 2.59 bits per heavy atom. The Hall–Kier alpha value is -1.74. The van der Waals surface area contributed by atoms with Crippen molar-refractivity contribution < 1.29 is 0 Å². The van der Waals surface area contributed by atoms with Crippen LogP contribution >= 0.6 is 0 Å². The van der Waals surface area contributed by atoms with Crippen LogP contribution in [-0.2, 0) is 19.4 Å². The van der Waals surface area contributed by atoms with Crippen LogP contribution in [0.25, 0.3) is 0 Å². The van der Waals surface area contributed by atoms with Crippen LogP contribution in [0.1, 0.15) is 29.6 Å². The monoisotopic (exact) mass is 227 g/mol. The van der Waals surface area contributed by atoms with Crippen LogP contribution in [0.5, 0.6) is 0 Å². The summed E-state index contributed by atoms with van der Waals surface area (Å²) in [6, 6.07) is 10.3. The fraction of sp³-hybridized carbons (Fsp3) is 0.286. The number of hydrogen-bond acceptors (Lipinski definition) is 3. The molecule has 0 spiro atoms. The van der Waals surface area contributed by atoms with Gasteiger partial charge in [-0.25, -0.2) is 9.97 Å². The predicted octanol–water partition coefficient (Wildman–Crippen LogP) is 2.09. The first kappa shape index (κ1) is 11.7. The molecule has 1 heterocycles. The van der Waals surface area contributed by atoms with Gasteiger partial charge in [0.1, 0.15) is 5.82 Å². The van der Waals surface area contributed by atoms with Gasteiger partial charge in [-0.2, -0.15) is 0 Å². The van der Waals surface area contributed by atoms with Crippen molar-refractivity contribution >= 4 is 0 Å². The second-order valence-corrected chi connectivity index (χ2v) is 3.98. The standard InChI is InChI=1S/C14H17N3/c1-2-13-12(9-15)10-16-14(17-13)8-11-6-4-3-5-7-11/h3-7,10H,2,8-9,15H2,1H3. The topological polar surface area (TPSA) is 51.8 Å². The van der Waals surface area contributed by atoms with E-state index in [1.54, 1.807) is 0 Å². The fourth-order valence-corrected chi connectivity index (χ4v) is 1.82. The minimum absolute atomic E-state index is 0.509. The molecule has 0 radical (unpaired) electrons. The van der Waals surface area contributed by atoms with E-state index >= 15 is 0 Å². The lowest BCUT2D eigenvalue weighted by Gasteiger charge is -2.07. The Morgan fingerprint density at radius 1 is 1.18 bits per heavy atom. The van der Waals surface area contributed by atoms with Gasteiger partial charge in [0.2, 0.25) is 0 Å². The van der Waals surface area contributed by atoms with Crippen LogP contribution in [-0.4, -0.2) is 9.97 Å². The highest BCUT2D eigenvalue weighted by atomic mass is 14.9. The molecule has 0 aliphatic rings. The molecule has 17 heavy (non-hydrogen) atoms. The Morgan fingerprint density at radius 2 is 1.94 bits per heavy atom. The summed E-state index contributed by atoms with van der Waals surface area (Å²) in [5, 5.41) is 0. The maximum Gasteiger partial charge on any atom is 0.132 e. The number of nitrogens with zero attached hydrogens (tertiary/aromatic N) is 2. The molecule has 88 valence electrons. The summed E-state index contributed by atoms with van der Waals surface area (Å²) < 4.78 is 0. The van der Waals surface area contributed by atoms with Crippen molar-refractivity contribution in [1.82, 2.24) is 9.97 Å². The predicted molar refractivity (Wildman–Crippen MR) is 68.5 cm³/mol. The quantitative estimate of drug-likeness (QED) is 0.870. The normalized spacial score (nSPS) is 10.5. The van der Waals surface area contributed by atoms with Crippen molar-refractivity contribution in [3.05, 3.63) is 59.2 Å². The Bertz CT molecular complexity index is 480. The van der Waals surface area contributed by atoms with Crippen LogP contribution in [0.2, 0.25) is 0 Å². The Kier molecular flexibility index (Phi) is 3.83. The molecule has 3 nitrogen and oxygen atoms in total. The van der Waals surface area contributed by atoms with Crippen LogP contribution < -0.4 is 5.73 Å². The average Bonchev–Trinajstić information content (AvgIpc) is 2.40. The zero-order valence-electron chi connectivity index (χ0n) is 10.1. The van der Waals surface area contributed by atoms with Gasteiger partial charge in [-0.1, -0.05) is 37.3 Å². The van der Waals surface area contributed by atoms with Gasteiger partial charge in [-0.05, 0) is 12.0 Å². The molecule has 0 fully saturated rings. The summed E-state index contributed by atoms with van der Waals surface area (Å²) in [4.78, 5) is 8.93. The van der Waals surface area contributed by atoms with Crippen molar-refractivity contribution in [1.29, 1.82) is 0 Å². The van der Waals surface area contributed by atoms with Gasteiger partial charge in [0.05, 0.1) is 0 Å². The van der Waals surface area contributed by atoms with Gasteiger partial charge in [-0.15, -0.1) is 0 Å².